The van der Waals surface area contributed by atoms with Gasteiger partial charge in [0.2, 0.25) is 5.89 Å². The molecule has 0 bridgehead atoms. The van der Waals surface area contributed by atoms with Crippen molar-refractivity contribution in [3.8, 4) is 0 Å². The molecule has 1 heterocycles. The Balaban J connectivity index is 2.15. The molecular formula is C12H18N2O4. The van der Waals surface area contributed by atoms with Crippen LogP contribution in [0.3, 0.4) is 0 Å². The van der Waals surface area contributed by atoms with Gasteiger partial charge in [0, 0.05) is 6.61 Å². The zero-order valence-electron chi connectivity index (χ0n) is 11.0. The second kappa shape index (κ2) is 4.35. The highest BCUT2D eigenvalue weighted by atomic mass is 16.5. The molecule has 0 spiro atoms. The van der Waals surface area contributed by atoms with Crippen LogP contribution in [0.15, 0.2) is 4.52 Å². The third kappa shape index (κ3) is 2.01. The number of hydrogen-bond donors (Lipinski definition) is 1. The van der Waals surface area contributed by atoms with Gasteiger partial charge in [-0.05, 0) is 19.3 Å². The van der Waals surface area contributed by atoms with Crippen molar-refractivity contribution in [3.05, 3.63) is 11.7 Å². The molecule has 0 saturated heterocycles. The standard InChI is InChI=1S/C12H18N2O4/c1-5-17-6(2)9-13-10(18-14-9)7-8(11(15)16)12(7,3)4/h6-8H,5H2,1-4H3,(H,15,16). The fourth-order valence-corrected chi connectivity index (χ4v) is 2.42. The first-order chi connectivity index (χ1) is 8.39. The Labute approximate surface area is 105 Å². The summed E-state index contributed by atoms with van der Waals surface area (Å²) < 4.78 is 10.5. The minimum Gasteiger partial charge on any atom is -0.481 e. The van der Waals surface area contributed by atoms with Gasteiger partial charge in [-0.3, -0.25) is 4.79 Å². The SMILES string of the molecule is CCOC(C)c1noc(C2C(C(=O)O)C2(C)C)n1. The van der Waals surface area contributed by atoms with E-state index in [1.807, 2.05) is 27.7 Å². The minimum absolute atomic E-state index is 0.204. The highest BCUT2D eigenvalue weighted by molar-refractivity contribution is 5.77. The molecule has 0 aliphatic heterocycles. The molecule has 3 unspecified atom stereocenters. The van der Waals surface area contributed by atoms with E-state index in [1.165, 1.54) is 0 Å². The van der Waals surface area contributed by atoms with Gasteiger partial charge in [0.15, 0.2) is 5.82 Å². The Hall–Kier alpha value is -1.43. The number of carbonyl (C=O) groups is 1. The van der Waals surface area contributed by atoms with Gasteiger partial charge >= 0.3 is 5.97 Å². The molecule has 100 valence electrons. The molecule has 1 aliphatic rings. The Bertz CT molecular complexity index is 455. The molecule has 1 saturated carbocycles. The number of carboxylic acid groups (broad SMARTS) is 1. The van der Waals surface area contributed by atoms with Gasteiger partial charge in [0.05, 0.1) is 11.8 Å². The summed E-state index contributed by atoms with van der Waals surface area (Å²) in [7, 11) is 0. The normalized spacial score (nSPS) is 26.9. The van der Waals surface area contributed by atoms with Crippen LogP contribution in [0.25, 0.3) is 0 Å². The Morgan fingerprint density at radius 1 is 1.61 bits per heavy atom. The maximum atomic E-state index is 11.1. The van der Waals surface area contributed by atoms with Crippen LogP contribution in [0.5, 0.6) is 0 Å². The molecule has 6 heteroatoms. The molecular weight excluding hydrogens is 236 g/mol. The second-order valence-electron chi connectivity index (χ2n) is 5.20. The van der Waals surface area contributed by atoms with E-state index in [2.05, 4.69) is 10.1 Å². The van der Waals surface area contributed by atoms with Gasteiger partial charge in [-0.15, -0.1) is 0 Å². The minimum atomic E-state index is -0.817. The molecule has 1 fully saturated rings. The average molecular weight is 254 g/mol. The maximum absolute atomic E-state index is 11.1. The van der Waals surface area contributed by atoms with Crippen molar-refractivity contribution in [2.24, 2.45) is 11.3 Å². The zero-order valence-corrected chi connectivity index (χ0v) is 11.0. The smallest absolute Gasteiger partial charge is 0.307 e. The lowest BCUT2D eigenvalue weighted by Gasteiger charge is -2.04. The van der Waals surface area contributed by atoms with Crippen LogP contribution in [0, 0.1) is 11.3 Å². The molecule has 1 aliphatic carbocycles. The molecule has 1 N–H and O–H groups in total. The van der Waals surface area contributed by atoms with Gasteiger partial charge in [0.1, 0.15) is 6.10 Å². The van der Waals surface area contributed by atoms with E-state index >= 15 is 0 Å². The van der Waals surface area contributed by atoms with E-state index in [0.717, 1.165) is 0 Å². The number of nitrogens with zero attached hydrogens (tertiary/aromatic N) is 2. The molecule has 1 aromatic heterocycles. The summed E-state index contributed by atoms with van der Waals surface area (Å²) in [5, 5.41) is 13.0. The van der Waals surface area contributed by atoms with E-state index in [-0.39, 0.29) is 17.4 Å². The van der Waals surface area contributed by atoms with Gasteiger partial charge < -0.3 is 14.4 Å². The van der Waals surface area contributed by atoms with Crippen LogP contribution in [0.2, 0.25) is 0 Å². The predicted octanol–water partition coefficient (Wildman–Crippen LogP) is 1.99. The van der Waals surface area contributed by atoms with Crippen molar-refractivity contribution in [1.29, 1.82) is 0 Å². The average Bonchev–Trinajstić information content (AvgIpc) is 2.67. The third-order valence-corrected chi connectivity index (χ3v) is 3.60. The monoisotopic (exact) mass is 254 g/mol. The zero-order chi connectivity index (χ0) is 13.5. The molecule has 2 rings (SSSR count). The van der Waals surface area contributed by atoms with E-state index in [1.54, 1.807) is 0 Å². The van der Waals surface area contributed by atoms with Crippen molar-refractivity contribution in [3.63, 3.8) is 0 Å². The summed E-state index contributed by atoms with van der Waals surface area (Å²) >= 11 is 0. The Morgan fingerprint density at radius 2 is 2.28 bits per heavy atom. The predicted molar refractivity (Wildman–Crippen MR) is 62.0 cm³/mol. The fraction of sp³-hybridized carbons (Fsp3) is 0.750. The summed E-state index contributed by atoms with van der Waals surface area (Å²) in [6.07, 6.45) is -0.238. The molecule has 1 aromatic rings. The number of carboxylic acids is 1. The molecule has 3 atom stereocenters. The Morgan fingerprint density at radius 3 is 2.78 bits per heavy atom. The maximum Gasteiger partial charge on any atom is 0.307 e. The van der Waals surface area contributed by atoms with E-state index in [9.17, 15) is 4.79 Å². The fourth-order valence-electron chi connectivity index (χ4n) is 2.42. The number of hydrogen-bond acceptors (Lipinski definition) is 5. The van der Waals surface area contributed by atoms with Crippen LogP contribution in [-0.4, -0.2) is 27.8 Å². The van der Waals surface area contributed by atoms with Crippen molar-refractivity contribution in [2.75, 3.05) is 6.61 Å². The molecule has 6 nitrogen and oxygen atoms in total. The summed E-state index contributed by atoms with van der Waals surface area (Å²) in [5.41, 5.74) is -0.329. The topological polar surface area (TPSA) is 85.5 Å². The van der Waals surface area contributed by atoms with Crippen LogP contribution >= 0.6 is 0 Å². The highest BCUT2D eigenvalue weighted by Gasteiger charge is 2.65. The van der Waals surface area contributed by atoms with Gasteiger partial charge in [-0.2, -0.15) is 4.98 Å². The number of rotatable bonds is 5. The summed E-state index contributed by atoms with van der Waals surface area (Å²) in [6, 6.07) is 0. The lowest BCUT2D eigenvalue weighted by molar-refractivity contribution is -0.139. The summed E-state index contributed by atoms with van der Waals surface area (Å²) in [5.74, 6) is -0.603. The molecule has 0 radical (unpaired) electrons. The quantitative estimate of drug-likeness (QED) is 0.864. The largest absolute Gasteiger partial charge is 0.481 e. The van der Waals surface area contributed by atoms with Crippen LogP contribution < -0.4 is 0 Å². The lowest BCUT2D eigenvalue weighted by atomic mass is 10.1. The summed E-state index contributed by atoms with van der Waals surface area (Å²) in [6.45, 7) is 8.09. The molecule has 0 amide bonds. The highest BCUT2D eigenvalue weighted by Crippen LogP contribution is 2.64. The van der Waals surface area contributed by atoms with E-state index in [0.29, 0.717) is 18.3 Å². The number of ether oxygens (including phenoxy) is 1. The van der Waals surface area contributed by atoms with Crippen molar-refractivity contribution < 1.29 is 19.2 Å². The molecule has 18 heavy (non-hydrogen) atoms. The van der Waals surface area contributed by atoms with Crippen LogP contribution in [-0.2, 0) is 9.53 Å². The first-order valence-corrected chi connectivity index (χ1v) is 6.07. The third-order valence-electron chi connectivity index (χ3n) is 3.60. The second-order valence-corrected chi connectivity index (χ2v) is 5.20. The van der Waals surface area contributed by atoms with Crippen molar-refractivity contribution in [1.82, 2.24) is 10.1 Å². The van der Waals surface area contributed by atoms with Gasteiger partial charge in [-0.25, -0.2) is 0 Å². The van der Waals surface area contributed by atoms with Crippen molar-refractivity contribution in [2.45, 2.75) is 39.7 Å². The van der Waals surface area contributed by atoms with E-state index in [4.69, 9.17) is 14.4 Å². The first-order valence-electron chi connectivity index (χ1n) is 6.07. The first kappa shape index (κ1) is 13.0. The summed E-state index contributed by atoms with van der Waals surface area (Å²) in [4.78, 5) is 15.3. The van der Waals surface area contributed by atoms with Crippen LogP contribution in [0.1, 0.15) is 51.4 Å². The molecule has 0 aromatic carbocycles. The van der Waals surface area contributed by atoms with Crippen LogP contribution in [0.4, 0.5) is 0 Å². The Kier molecular flexibility index (Phi) is 3.14. The lowest BCUT2D eigenvalue weighted by Crippen LogP contribution is -2.03. The van der Waals surface area contributed by atoms with Crippen molar-refractivity contribution >= 4 is 5.97 Å². The van der Waals surface area contributed by atoms with Gasteiger partial charge in [-0.1, -0.05) is 19.0 Å². The van der Waals surface area contributed by atoms with E-state index < -0.39 is 11.9 Å². The van der Waals surface area contributed by atoms with Gasteiger partial charge in [0.25, 0.3) is 0 Å². The number of aromatic nitrogens is 2. The number of aliphatic carboxylic acids is 1.